The molecular weight excluding hydrogens is 182 g/mol. The van der Waals surface area contributed by atoms with E-state index in [1.165, 1.54) is 7.11 Å². The van der Waals surface area contributed by atoms with Gasteiger partial charge in [0, 0.05) is 12.8 Å². The van der Waals surface area contributed by atoms with Crippen LogP contribution in [-0.4, -0.2) is 24.7 Å². The molecule has 0 bridgehead atoms. The molecule has 1 saturated heterocycles. The monoisotopic (exact) mass is 193 g/mol. The summed E-state index contributed by atoms with van der Waals surface area (Å²) in [6, 6.07) is 0. The molecular formula is C7H12ClNO3. The van der Waals surface area contributed by atoms with E-state index in [1.807, 2.05) is 0 Å². The summed E-state index contributed by atoms with van der Waals surface area (Å²) >= 11 is 5.70. The van der Waals surface area contributed by atoms with Crippen LogP contribution in [0.1, 0.15) is 19.3 Å². The largest absolute Gasteiger partial charge is 0.469 e. The van der Waals surface area contributed by atoms with Crippen LogP contribution in [0, 0.1) is 0 Å². The van der Waals surface area contributed by atoms with E-state index in [1.54, 1.807) is 0 Å². The Morgan fingerprint density at radius 3 is 3.08 bits per heavy atom. The number of ether oxygens (including phenoxy) is 1. The summed E-state index contributed by atoms with van der Waals surface area (Å²) < 4.78 is 4.49. The van der Waals surface area contributed by atoms with Crippen molar-refractivity contribution in [3.63, 3.8) is 0 Å². The molecule has 0 unspecified atom stereocenters. The Hall–Kier alpha value is -0.320. The van der Waals surface area contributed by atoms with E-state index in [9.17, 15) is 4.79 Å². The Bertz CT molecular complexity index is 165. The molecule has 1 heterocycles. The van der Waals surface area contributed by atoms with Crippen LogP contribution in [0.2, 0.25) is 0 Å². The SMILES string of the molecule is COC(=O)CC[C@@H]1C[C@@H](Cl)NO1. The van der Waals surface area contributed by atoms with E-state index in [0.29, 0.717) is 12.8 Å². The highest BCUT2D eigenvalue weighted by Gasteiger charge is 2.23. The van der Waals surface area contributed by atoms with Gasteiger partial charge < -0.3 is 4.74 Å². The zero-order valence-electron chi connectivity index (χ0n) is 6.88. The maximum Gasteiger partial charge on any atom is 0.305 e. The van der Waals surface area contributed by atoms with E-state index in [4.69, 9.17) is 16.4 Å². The van der Waals surface area contributed by atoms with E-state index in [2.05, 4.69) is 10.2 Å². The molecule has 0 aromatic rings. The Balaban J connectivity index is 2.11. The first-order valence-corrected chi connectivity index (χ1v) is 4.28. The van der Waals surface area contributed by atoms with Crippen LogP contribution in [0.4, 0.5) is 0 Å². The number of hydroxylamine groups is 1. The highest BCUT2D eigenvalue weighted by atomic mass is 35.5. The lowest BCUT2D eigenvalue weighted by Crippen LogP contribution is -2.13. The zero-order valence-corrected chi connectivity index (χ0v) is 7.63. The number of nitrogens with one attached hydrogen (secondary N) is 1. The number of methoxy groups -OCH3 is 1. The average molecular weight is 194 g/mol. The van der Waals surface area contributed by atoms with Gasteiger partial charge in [0.25, 0.3) is 0 Å². The standard InChI is InChI=1S/C7H12ClNO3/c1-11-7(10)3-2-5-4-6(8)9-12-5/h5-6,9H,2-4H2,1H3/t5-,6+/m1/s1. The molecule has 1 N–H and O–H groups in total. The third-order valence-corrected chi connectivity index (χ3v) is 2.00. The Morgan fingerprint density at radius 2 is 2.58 bits per heavy atom. The number of halogens is 1. The highest BCUT2D eigenvalue weighted by Crippen LogP contribution is 2.17. The number of hydrogen-bond acceptors (Lipinski definition) is 4. The summed E-state index contributed by atoms with van der Waals surface area (Å²) in [5, 5.41) is 0. The fourth-order valence-electron chi connectivity index (χ4n) is 1.05. The van der Waals surface area contributed by atoms with Gasteiger partial charge in [0.1, 0.15) is 5.50 Å². The smallest absolute Gasteiger partial charge is 0.305 e. The van der Waals surface area contributed by atoms with Crippen LogP contribution in [0.3, 0.4) is 0 Å². The van der Waals surface area contributed by atoms with Crippen molar-refractivity contribution in [3.05, 3.63) is 0 Å². The summed E-state index contributed by atoms with van der Waals surface area (Å²) in [6.45, 7) is 0. The van der Waals surface area contributed by atoms with Crippen LogP contribution in [-0.2, 0) is 14.4 Å². The number of hydrogen-bond donors (Lipinski definition) is 1. The normalized spacial score (nSPS) is 28.8. The van der Waals surface area contributed by atoms with Crippen molar-refractivity contribution in [2.45, 2.75) is 30.9 Å². The minimum absolute atomic E-state index is 0.0339. The van der Waals surface area contributed by atoms with Crippen LogP contribution in [0.25, 0.3) is 0 Å². The molecule has 2 atom stereocenters. The lowest BCUT2D eigenvalue weighted by Gasteiger charge is -2.05. The predicted molar refractivity (Wildman–Crippen MR) is 43.5 cm³/mol. The first-order valence-electron chi connectivity index (χ1n) is 3.84. The quantitative estimate of drug-likeness (QED) is 0.409. The second kappa shape index (κ2) is 4.64. The summed E-state index contributed by atoms with van der Waals surface area (Å²) in [4.78, 5) is 15.8. The molecule has 0 spiro atoms. The number of carbonyl (C=O) groups excluding carboxylic acids is 1. The van der Waals surface area contributed by atoms with Crippen molar-refractivity contribution in [3.8, 4) is 0 Å². The van der Waals surface area contributed by atoms with Gasteiger partial charge in [-0.1, -0.05) is 0 Å². The molecule has 0 aliphatic carbocycles. The molecule has 4 nitrogen and oxygen atoms in total. The molecule has 12 heavy (non-hydrogen) atoms. The fourth-order valence-corrected chi connectivity index (χ4v) is 1.30. The maximum atomic E-state index is 10.7. The topological polar surface area (TPSA) is 47.6 Å². The van der Waals surface area contributed by atoms with Crippen molar-refractivity contribution in [1.82, 2.24) is 5.48 Å². The van der Waals surface area contributed by atoms with Gasteiger partial charge in [0.2, 0.25) is 0 Å². The molecule has 0 aromatic heterocycles. The minimum Gasteiger partial charge on any atom is -0.469 e. The average Bonchev–Trinajstić information content (AvgIpc) is 2.47. The van der Waals surface area contributed by atoms with Gasteiger partial charge >= 0.3 is 5.97 Å². The van der Waals surface area contributed by atoms with Gasteiger partial charge in [-0.3, -0.25) is 9.63 Å². The first kappa shape index (κ1) is 9.77. The molecule has 70 valence electrons. The Labute approximate surface area is 76.1 Å². The van der Waals surface area contributed by atoms with E-state index in [-0.39, 0.29) is 17.6 Å². The Morgan fingerprint density at radius 1 is 1.83 bits per heavy atom. The van der Waals surface area contributed by atoms with Crippen molar-refractivity contribution in [1.29, 1.82) is 0 Å². The summed E-state index contributed by atoms with van der Waals surface area (Å²) in [5.74, 6) is -0.211. The molecule has 1 aliphatic heterocycles. The zero-order chi connectivity index (χ0) is 8.97. The van der Waals surface area contributed by atoms with Crippen molar-refractivity contribution >= 4 is 17.6 Å². The van der Waals surface area contributed by atoms with Crippen LogP contribution in [0.15, 0.2) is 0 Å². The number of rotatable bonds is 3. The van der Waals surface area contributed by atoms with Gasteiger partial charge in [0.05, 0.1) is 13.2 Å². The highest BCUT2D eigenvalue weighted by molar-refractivity contribution is 6.20. The minimum atomic E-state index is -0.211. The van der Waals surface area contributed by atoms with E-state index in [0.717, 1.165) is 6.42 Å². The molecule has 0 aromatic carbocycles. The second-order valence-corrected chi connectivity index (χ2v) is 3.20. The molecule has 0 saturated carbocycles. The van der Waals surface area contributed by atoms with Gasteiger partial charge in [-0.25, -0.2) is 0 Å². The van der Waals surface area contributed by atoms with Gasteiger partial charge in [-0.05, 0) is 6.42 Å². The van der Waals surface area contributed by atoms with Crippen LogP contribution < -0.4 is 5.48 Å². The molecule has 0 amide bonds. The molecule has 1 fully saturated rings. The first-order chi connectivity index (χ1) is 5.72. The van der Waals surface area contributed by atoms with E-state index < -0.39 is 0 Å². The lowest BCUT2D eigenvalue weighted by molar-refractivity contribution is -0.141. The third-order valence-electron chi connectivity index (χ3n) is 1.73. The van der Waals surface area contributed by atoms with Crippen molar-refractivity contribution < 1.29 is 14.4 Å². The summed E-state index contributed by atoms with van der Waals surface area (Å²) in [7, 11) is 1.38. The van der Waals surface area contributed by atoms with Crippen LogP contribution in [0.5, 0.6) is 0 Å². The number of esters is 1. The summed E-state index contributed by atoms with van der Waals surface area (Å²) in [5.41, 5.74) is 2.49. The maximum absolute atomic E-state index is 10.7. The van der Waals surface area contributed by atoms with Crippen molar-refractivity contribution in [2.75, 3.05) is 7.11 Å². The second-order valence-electron chi connectivity index (χ2n) is 2.68. The predicted octanol–water partition coefficient (Wildman–Crippen LogP) is 0.798. The number of alkyl halides is 1. The van der Waals surface area contributed by atoms with Crippen molar-refractivity contribution in [2.24, 2.45) is 0 Å². The fraction of sp³-hybridized carbons (Fsp3) is 0.857. The van der Waals surface area contributed by atoms with Crippen LogP contribution >= 0.6 is 11.6 Å². The molecule has 1 aliphatic rings. The van der Waals surface area contributed by atoms with E-state index >= 15 is 0 Å². The van der Waals surface area contributed by atoms with Gasteiger partial charge in [-0.15, -0.1) is 11.6 Å². The molecule has 1 rings (SSSR count). The van der Waals surface area contributed by atoms with Gasteiger partial charge in [-0.2, -0.15) is 5.48 Å². The lowest BCUT2D eigenvalue weighted by atomic mass is 10.1. The molecule has 0 radical (unpaired) electrons. The number of carbonyl (C=O) groups is 1. The Kier molecular flexibility index (Phi) is 3.78. The summed E-state index contributed by atoms with van der Waals surface area (Å²) in [6.07, 6.45) is 1.81. The third kappa shape index (κ3) is 2.97. The van der Waals surface area contributed by atoms with Gasteiger partial charge in [0.15, 0.2) is 0 Å². The molecule has 5 heteroatoms.